The zero-order valence-electron chi connectivity index (χ0n) is 11.5. The van der Waals surface area contributed by atoms with E-state index in [0.29, 0.717) is 17.7 Å². The second kappa shape index (κ2) is 4.97. The molecule has 0 saturated heterocycles. The number of nitrogens with zero attached hydrogens (tertiary/aromatic N) is 3. The van der Waals surface area contributed by atoms with Gasteiger partial charge in [-0.3, -0.25) is 10.1 Å². The van der Waals surface area contributed by atoms with Crippen molar-refractivity contribution >= 4 is 16.7 Å². The molecule has 0 aliphatic rings. The lowest BCUT2D eigenvalue weighted by atomic mass is 10.1. The maximum Gasteiger partial charge on any atom is 0.194 e. The Hall–Kier alpha value is -2.76. The number of benzene rings is 1. The number of aryl methyl sites for hydroxylation is 1. The SMILES string of the molecule is C[n+]1ccc2cnn(Cc3ccc(C(=N)N)cc3F)c2c1. The summed E-state index contributed by atoms with van der Waals surface area (Å²) < 4.78 is 17.8. The van der Waals surface area contributed by atoms with Crippen molar-refractivity contribution in [2.24, 2.45) is 12.8 Å². The molecular weight excluding hydrogens is 269 g/mol. The Morgan fingerprint density at radius 3 is 2.95 bits per heavy atom. The highest BCUT2D eigenvalue weighted by molar-refractivity contribution is 5.94. The first kappa shape index (κ1) is 13.2. The number of nitrogens with one attached hydrogen (secondary N) is 1. The van der Waals surface area contributed by atoms with Crippen molar-refractivity contribution < 1.29 is 8.96 Å². The van der Waals surface area contributed by atoms with Crippen LogP contribution >= 0.6 is 0 Å². The van der Waals surface area contributed by atoms with Crippen LogP contribution in [0.3, 0.4) is 0 Å². The van der Waals surface area contributed by atoms with Gasteiger partial charge in [0.05, 0.1) is 12.7 Å². The Bertz CT molecular complexity index is 837. The number of hydrogen-bond donors (Lipinski definition) is 2. The first-order valence-corrected chi connectivity index (χ1v) is 6.48. The summed E-state index contributed by atoms with van der Waals surface area (Å²) in [4.78, 5) is 0. The van der Waals surface area contributed by atoms with Crippen LogP contribution in [-0.4, -0.2) is 15.6 Å². The lowest BCUT2D eigenvalue weighted by Gasteiger charge is -2.06. The molecule has 6 heteroatoms. The molecule has 0 fully saturated rings. The number of halogens is 1. The molecule has 2 heterocycles. The molecule has 3 N–H and O–H groups in total. The average Bonchev–Trinajstić information content (AvgIpc) is 2.83. The number of hydrogen-bond acceptors (Lipinski definition) is 2. The fourth-order valence-electron chi connectivity index (χ4n) is 2.24. The quantitative estimate of drug-likeness (QED) is 0.433. The van der Waals surface area contributed by atoms with Gasteiger partial charge in [-0.05, 0) is 6.07 Å². The van der Waals surface area contributed by atoms with Crippen molar-refractivity contribution in [3.05, 3.63) is 59.8 Å². The first-order valence-electron chi connectivity index (χ1n) is 6.48. The summed E-state index contributed by atoms with van der Waals surface area (Å²) in [5.41, 5.74) is 7.19. The third kappa shape index (κ3) is 2.47. The topological polar surface area (TPSA) is 71.6 Å². The van der Waals surface area contributed by atoms with E-state index in [4.69, 9.17) is 11.1 Å². The molecule has 0 amide bonds. The number of nitrogen functional groups attached to an aromatic ring is 1. The maximum absolute atomic E-state index is 14.1. The summed E-state index contributed by atoms with van der Waals surface area (Å²) in [5.74, 6) is -0.524. The molecule has 3 rings (SSSR count). The van der Waals surface area contributed by atoms with Crippen molar-refractivity contribution in [2.45, 2.75) is 6.54 Å². The van der Waals surface area contributed by atoms with Crippen LogP contribution in [0.15, 0.2) is 42.9 Å². The van der Waals surface area contributed by atoms with Gasteiger partial charge in [0.1, 0.15) is 24.2 Å². The highest BCUT2D eigenvalue weighted by Crippen LogP contribution is 2.15. The molecule has 0 spiro atoms. The van der Waals surface area contributed by atoms with Gasteiger partial charge >= 0.3 is 0 Å². The van der Waals surface area contributed by atoms with Gasteiger partial charge in [-0.25, -0.2) is 8.96 Å². The number of rotatable bonds is 3. The number of amidine groups is 1. The van der Waals surface area contributed by atoms with Gasteiger partial charge in [0, 0.05) is 22.6 Å². The van der Waals surface area contributed by atoms with E-state index in [1.807, 2.05) is 30.1 Å². The van der Waals surface area contributed by atoms with Gasteiger partial charge in [0.2, 0.25) is 0 Å². The van der Waals surface area contributed by atoms with Crippen LogP contribution < -0.4 is 10.3 Å². The van der Waals surface area contributed by atoms with Crippen LogP contribution in [0.2, 0.25) is 0 Å². The predicted molar refractivity (Wildman–Crippen MR) is 77.4 cm³/mol. The Morgan fingerprint density at radius 1 is 1.43 bits per heavy atom. The molecule has 21 heavy (non-hydrogen) atoms. The molecule has 0 radical (unpaired) electrons. The van der Waals surface area contributed by atoms with Crippen molar-refractivity contribution in [3.8, 4) is 0 Å². The lowest BCUT2D eigenvalue weighted by molar-refractivity contribution is -0.670. The Kier molecular flexibility index (Phi) is 3.13. The molecule has 0 bridgehead atoms. The smallest absolute Gasteiger partial charge is 0.194 e. The molecule has 3 aromatic rings. The maximum atomic E-state index is 14.1. The summed E-state index contributed by atoms with van der Waals surface area (Å²) in [6, 6.07) is 6.53. The zero-order chi connectivity index (χ0) is 15.0. The second-order valence-corrected chi connectivity index (χ2v) is 4.97. The molecular formula is C15H15FN5+. The van der Waals surface area contributed by atoms with Crippen molar-refractivity contribution in [3.63, 3.8) is 0 Å². The molecule has 106 valence electrons. The molecule has 0 aliphatic carbocycles. The van der Waals surface area contributed by atoms with Gasteiger partial charge in [0.25, 0.3) is 0 Å². The van der Waals surface area contributed by atoms with Crippen LogP contribution in [-0.2, 0) is 13.6 Å². The van der Waals surface area contributed by atoms with Crippen molar-refractivity contribution in [2.75, 3.05) is 0 Å². The van der Waals surface area contributed by atoms with E-state index in [-0.39, 0.29) is 11.7 Å². The zero-order valence-corrected chi connectivity index (χ0v) is 11.5. The minimum atomic E-state index is -0.383. The van der Waals surface area contributed by atoms with E-state index in [2.05, 4.69) is 5.10 Å². The summed E-state index contributed by atoms with van der Waals surface area (Å²) in [7, 11) is 1.93. The summed E-state index contributed by atoms with van der Waals surface area (Å²) in [6.45, 7) is 0.331. The standard InChI is InChI=1S/C15H15FN5/c1-20-5-4-11-7-19-21(14(11)9-20)8-12-3-2-10(15(17)18)6-13(12)16/h2-7,9H,8H2,1H3,(H3,17,18)/q+1. The van der Waals surface area contributed by atoms with Crippen LogP contribution in [0.1, 0.15) is 11.1 Å². The average molecular weight is 284 g/mol. The van der Waals surface area contributed by atoms with Crippen LogP contribution in [0.5, 0.6) is 0 Å². The van der Waals surface area contributed by atoms with Crippen molar-refractivity contribution in [1.82, 2.24) is 9.78 Å². The van der Waals surface area contributed by atoms with E-state index in [9.17, 15) is 4.39 Å². The number of pyridine rings is 1. The molecule has 0 atom stereocenters. The third-order valence-electron chi connectivity index (χ3n) is 3.41. The third-order valence-corrected chi connectivity index (χ3v) is 3.41. The molecule has 5 nitrogen and oxygen atoms in total. The largest absolute Gasteiger partial charge is 0.384 e. The number of fused-ring (bicyclic) bond motifs is 1. The Labute approximate surface area is 120 Å². The van der Waals surface area contributed by atoms with E-state index < -0.39 is 0 Å². The van der Waals surface area contributed by atoms with Gasteiger partial charge in [-0.2, -0.15) is 5.10 Å². The second-order valence-electron chi connectivity index (χ2n) is 4.97. The molecule has 0 unspecified atom stereocenters. The highest BCUT2D eigenvalue weighted by atomic mass is 19.1. The predicted octanol–water partition coefficient (Wildman–Crippen LogP) is 1.33. The fraction of sp³-hybridized carbons (Fsp3) is 0.133. The van der Waals surface area contributed by atoms with Crippen LogP contribution in [0.25, 0.3) is 10.9 Å². The Balaban J connectivity index is 1.99. The van der Waals surface area contributed by atoms with Gasteiger partial charge in [-0.1, -0.05) is 12.1 Å². The first-order chi connectivity index (χ1) is 10.0. The van der Waals surface area contributed by atoms with E-state index in [0.717, 1.165) is 10.9 Å². The molecule has 0 aliphatic heterocycles. The van der Waals surface area contributed by atoms with E-state index >= 15 is 0 Å². The number of aromatic nitrogens is 3. The minimum Gasteiger partial charge on any atom is -0.384 e. The van der Waals surface area contributed by atoms with E-state index in [1.165, 1.54) is 6.07 Å². The summed E-state index contributed by atoms with van der Waals surface area (Å²) in [6.07, 6.45) is 5.65. The molecule has 1 aromatic carbocycles. The van der Waals surface area contributed by atoms with Gasteiger partial charge in [-0.15, -0.1) is 0 Å². The normalized spacial score (nSPS) is 11.0. The lowest BCUT2D eigenvalue weighted by Crippen LogP contribution is -2.26. The highest BCUT2D eigenvalue weighted by Gasteiger charge is 2.10. The monoisotopic (exact) mass is 284 g/mol. The molecule has 0 saturated carbocycles. The van der Waals surface area contributed by atoms with Gasteiger partial charge in [0.15, 0.2) is 12.4 Å². The summed E-state index contributed by atoms with van der Waals surface area (Å²) >= 11 is 0. The van der Waals surface area contributed by atoms with Crippen LogP contribution in [0, 0.1) is 11.2 Å². The molecule has 2 aromatic heterocycles. The van der Waals surface area contributed by atoms with E-state index in [1.54, 1.807) is 23.0 Å². The minimum absolute atomic E-state index is 0.142. The summed E-state index contributed by atoms with van der Waals surface area (Å²) in [5, 5.41) is 12.6. The van der Waals surface area contributed by atoms with Gasteiger partial charge < -0.3 is 5.73 Å². The Morgan fingerprint density at radius 2 is 2.24 bits per heavy atom. The number of nitrogens with two attached hydrogens (primary N) is 1. The van der Waals surface area contributed by atoms with Crippen molar-refractivity contribution in [1.29, 1.82) is 5.41 Å². The van der Waals surface area contributed by atoms with Crippen LogP contribution in [0.4, 0.5) is 4.39 Å². The fourth-order valence-corrected chi connectivity index (χ4v) is 2.24.